The zero-order valence-electron chi connectivity index (χ0n) is 14.5. The van der Waals surface area contributed by atoms with Crippen LogP contribution in [0.5, 0.6) is 0 Å². The fourth-order valence-electron chi connectivity index (χ4n) is 4.47. The molecule has 2 aromatic rings. The van der Waals surface area contributed by atoms with Crippen molar-refractivity contribution in [3.8, 4) is 5.69 Å². The van der Waals surface area contributed by atoms with Crippen LogP contribution >= 0.6 is 0 Å². The van der Waals surface area contributed by atoms with E-state index in [1.807, 2.05) is 35.2 Å². The van der Waals surface area contributed by atoms with Gasteiger partial charge in [0.1, 0.15) is 5.69 Å². The highest BCUT2D eigenvalue weighted by Gasteiger charge is 2.43. The van der Waals surface area contributed by atoms with Gasteiger partial charge in [0.25, 0.3) is 11.5 Å². The van der Waals surface area contributed by atoms with Gasteiger partial charge in [-0.2, -0.15) is 9.78 Å². The Morgan fingerprint density at radius 3 is 2.64 bits per heavy atom. The third-order valence-corrected chi connectivity index (χ3v) is 5.60. The summed E-state index contributed by atoms with van der Waals surface area (Å²) in [7, 11) is 0. The fraction of sp³-hybridized carbons (Fsp3) is 0.450. The number of para-hydroxylation sites is 1. The van der Waals surface area contributed by atoms with Crippen LogP contribution in [0, 0.1) is 5.92 Å². The molecule has 1 saturated carbocycles. The molecule has 5 nitrogen and oxygen atoms in total. The highest BCUT2D eigenvalue weighted by Crippen LogP contribution is 2.40. The minimum absolute atomic E-state index is 0.0495. The van der Waals surface area contributed by atoms with Crippen molar-refractivity contribution in [2.24, 2.45) is 5.92 Å². The summed E-state index contributed by atoms with van der Waals surface area (Å²) < 4.78 is 1.31. The topological polar surface area (TPSA) is 55.2 Å². The molecule has 5 heteroatoms. The third kappa shape index (κ3) is 2.88. The van der Waals surface area contributed by atoms with E-state index in [4.69, 9.17) is 0 Å². The van der Waals surface area contributed by atoms with Crippen molar-refractivity contribution in [1.82, 2.24) is 14.7 Å². The largest absolute Gasteiger partial charge is 0.331 e. The van der Waals surface area contributed by atoms with Crippen LogP contribution < -0.4 is 5.56 Å². The van der Waals surface area contributed by atoms with Gasteiger partial charge in [0.2, 0.25) is 0 Å². The number of rotatable bonds is 2. The first-order chi connectivity index (χ1) is 12.1. The monoisotopic (exact) mass is 337 g/mol. The second-order valence-corrected chi connectivity index (χ2v) is 7.21. The predicted molar refractivity (Wildman–Crippen MR) is 95.8 cm³/mol. The smallest absolute Gasteiger partial charge is 0.274 e. The number of aromatic nitrogens is 2. The van der Waals surface area contributed by atoms with Crippen LogP contribution in [0.25, 0.3) is 5.69 Å². The van der Waals surface area contributed by atoms with Crippen molar-refractivity contribution in [1.29, 1.82) is 0 Å². The lowest BCUT2D eigenvalue weighted by Crippen LogP contribution is -2.43. The molecular weight excluding hydrogens is 314 g/mol. The number of carbonyl (C=O) groups excluding carboxylic acids is 1. The van der Waals surface area contributed by atoms with Gasteiger partial charge in [-0.05, 0) is 50.3 Å². The molecule has 130 valence electrons. The number of nitrogens with zero attached hydrogens (tertiary/aromatic N) is 3. The van der Waals surface area contributed by atoms with Gasteiger partial charge < -0.3 is 4.90 Å². The van der Waals surface area contributed by atoms with E-state index in [1.54, 1.807) is 6.07 Å². The molecule has 3 atom stereocenters. The summed E-state index contributed by atoms with van der Waals surface area (Å²) in [6.07, 6.45) is 5.84. The minimum atomic E-state index is -0.229. The van der Waals surface area contributed by atoms with Gasteiger partial charge in [-0.25, -0.2) is 0 Å². The maximum atomic E-state index is 13.2. The highest BCUT2D eigenvalue weighted by atomic mass is 16.2. The molecule has 0 bridgehead atoms. The van der Waals surface area contributed by atoms with E-state index < -0.39 is 0 Å². The summed E-state index contributed by atoms with van der Waals surface area (Å²) in [5, 5.41) is 4.37. The first-order valence-electron chi connectivity index (χ1n) is 9.13. The molecule has 1 saturated heterocycles. The summed E-state index contributed by atoms with van der Waals surface area (Å²) in [5.41, 5.74) is 0.793. The average Bonchev–Trinajstić information content (AvgIpc) is 2.98. The number of hydrogen-bond donors (Lipinski definition) is 0. The molecule has 0 spiro atoms. The first-order valence-corrected chi connectivity index (χ1v) is 9.13. The van der Waals surface area contributed by atoms with E-state index in [1.165, 1.54) is 30.0 Å². The number of hydrogen-bond acceptors (Lipinski definition) is 3. The molecule has 0 N–H and O–H groups in total. The van der Waals surface area contributed by atoms with Crippen LogP contribution in [0.4, 0.5) is 0 Å². The lowest BCUT2D eigenvalue weighted by Gasteiger charge is -2.33. The molecule has 1 aromatic carbocycles. The second-order valence-electron chi connectivity index (χ2n) is 7.21. The van der Waals surface area contributed by atoms with Crippen molar-refractivity contribution < 1.29 is 4.79 Å². The molecular formula is C20H23N3O2. The molecule has 1 aliphatic heterocycles. The maximum Gasteiger partial charge on any atom is 0.274 e. The van der Waals surface area contributed by atoms with Gasteiger partial charge in [-0.1, -0.05) is 31.0 Å². The van der Waals surface area contributed by atoms with Crippen LogP contribution in [0.2, 0.25) is 0 Å². The number of benzene rings is 1. The van der Waals surface area contributed by atoms with Crippen LogP contribution in [0.15, 0.2) is 47.3 Å². The Kier molecular flexibility index (Phi) is 4.15. The average molecular weight is 337 g/mol. The summed E-state index contributed by atoms with van der Waals surface area (Å²) in [6.45, 7) is 2.13. The Morgan fingerprint density at radius 1 is 1.08 bits per heavy atom. The molecule has 4 rings (SSSR count). The standard InChI is InChI=1S/C20H23N3O2/c1-14-13-15-7-5-6-10-18(15)22(14)20(25)17-11-12-19(24)23(21-17)16-8-3-2-4-9-16/h2-4,8-9,11-12,14-15,18H,5-7,10,13H2,1H3/t14-,15+,18+/m1/s1. The van der Waals surface area contributed by atoms with Gasteiger partial charge in [-0.15, -0.1) is 0 Å². The zero-order chi connectivity index (χ0) is 17.4. The van der Waals surface area contributed by atoms with E-state index in [2.05, 4.69) is 12.0 Å². The van der Waals surface area contributed by atoms with Gasteiger partial charge in [0.15, 0.2) is 0 Å². The molecule has 1 aliphatic carbocycles. The van der Waals surface area contributed by atoms with Crippen LogP contribution in [-0.4, -0.2) is 32.7 Å². The van der Waals surface area contributed by atoms with Crippen LogP contribution in [-0.2, 0) is 0 Å². The number of amides is 1. The van der Waals surface area contributed by atoms with Crippen LogP contribution in [0.1, 0.15) is 49.5 Å². The van der Waals surface area contributed by atoms with Crippen molar-refractivity contribution in [3.05, 3.63) is 58.5 Å². The zero-order valence-corrected chi connectivity index (χ0v) is 14.5. The molecule has 0 radical (unpaired) electrons. The molecule has 1 aromatic heterocycles. The Bertz CT molecular complexity index is 830. The number of carbonyl (C=O) groups is 1. The normalized spacial score (nSPS) is 25.6. The van der Waals surface area contributed by atoms with Gasteiger partial charge in [0, 0.05) is 18.2 Å². The molecule has 25 heavy (non-hydrogen) atoms. The summed E-state index contributed by atoms with van der Waals surface area (Å²) >= 11 is 0. The Hall–Kier alpha value is -2.43. The lowest BCUT2D eigenvalue weighted by atomic mass is 9.85. The Balaban J connectivity index is 1.68. The SMILES string of the molecule is C[C@@H]1C[C@@H]2CCCC[C@@H]2N1C(=O)c1ccc(=O)n(-c2ccccc2)n1. The molecule has 1 amide bonds. The van der Waals surface area contributed by atoms with Gasteiger partial charge in [-0.3, -0.25) is 9.59 Å². The van der Waals surface area contributed by atoms with Crippen molar-refractivity contribution >= 4 is 5.91 Å². The third-order valence-electron chi connectivity index (χ3n) is 5.60. The van der Waals surface area contributed by atoms with Crippen molar-refractivity contribution in [3.63, 3.8) is 0 Å². The molecule has 0 unspecified atom stereocenters. The molecule has 2 heterocycles. The van der Waals surface area contributed by atoms with Crippen molar-refractivity contribution in [2.75, 3.05) is 0 Å². The van der Waals surface area contributed by atoms with Gasteiger partial charge >= 0.3 is 0 Å². The predicted octanol–water partition coefficient (Wildman–Crippen LogP) is 3.03. The second kappa shape index (κ2) is 6.47. The fourth-order valence-corrected chi connectivity index (χ4v) is 4.47. The Morgan fingerprint density at radius 2 is 1.84 bits per heavy atom. The summed E-state index contributed by atoms with van der Waals surface area (Å²) in [5.74, 6) is 0.569. The number of fused-ring (bicyclic) bond motifs is 1. The lowest BCUT2D eigenvalue weighted by molar-refractivity contribution is 0.0625. The van der Waals surface area contributed by atoms with Gasteiger partial charge in [0.05, 0.1) is 5.69 Å². The van der Waals surface area contributed by atoms with E-state index in [-0.39, 0.29) is 17.5 Å². The summed E-state index contributed by atoms with van der Waals surface area (Å²) in [4.78, 5) is 27.4. The van der Waals surface area contributed by atoms with E-state index in [0.717, 1.165) is 12.8 Å². The van der Waals surface area contributed by atoms with E-state index in [9.17, 15) is 9.59 Å². The molecule has 2 aliphatic rings. The van der Waals surface area contributed by atoms with E-state index in [0.29, 0.717) is 23.3 Å². The quantitative estimate of drug-likeness (QED) is 0.846. The number of likely N-dealkylation sites (tertiary alicyclic amines) is 1. The first kappa shape index (κ1) is 16.1. The molecule has 2 fully saturated rings. The van der Waals surface area contributed by atoms with E-state index >= 15 is 0 Å². The Labute approximate surface area is 147 Å². The minimum Gasteiger partial charge on any atom is -0.331 e. The summed E-state index contributed by atoms with van der Waals surface area (Å²) in [6, 6.07) is 12.8. The van der Waals surface area contributed by atoms with Crippen molar-refractivity contribution in [2.45, 2.75) is 51.1 Å². The maximum absolute atomic E-state index is 13.2. The van der Waals surface area contributed by atoms with Crippen LogP contribution in [0.3, 0.4) is 0 Å². The highest BCUT2D eigenvalue weighted by molar-refractivity contribution is 5.92.